The van der Waals surface area contributed by atoms with Crippen molar-refractivity contribution in [3.63, 3.8) is 0 Å². The van der Waals surface area contributed by atoms with Crippen LogP contribution in [0.15, 0.2) is 65.5 Å². The minimum absolute atomic E-state index is 0.526. The maximum atomic E-state index is 4.53. The van der Waals surface area contributed by atoms with E-state index < -0.39 is 0 Å². The van der Waals surface area contributed by atoms with Gasteiger partial charge in [0.1, 0.15) is 5.82 Å². The van der Waals surface area contributed by atoms with Gasteiger partial charge in [-0.2, -0.15) is 4.98 Å². The molecule has 0 aliphatic carbocycles. The number of halogens is 1. The Balaban J connectivity index is 1.52. The molecule has 6 nitrogen and oxygen atoms in total. The van der Waals surface area contributed by atoms with Crippen molar-refractivity contribution in [2.24, 2.45) is 0 Å². The van der Waals surface area contributed by atoms with Gasteiger partial charge < -0.3 is 15.6 Å². The van der Waals surface area contributed by atoms with E-state index in [-0.39, 0.29) is 0 Å². The summed E-state index contributed by atoms with van der Waals surface area (Å²) >= 11 is 3.48. The molecule has 3 aromatic heterocycles. The number of aromatic amines is 1. The average molecular weight is 395 g/mol. The molecule has 0 aliphatic rings. The van der Waals surface area contributed by atoms with Crippen LogP contribution in [0.5, 0.6) is 0 Å². The van der Waals surface area contributed by atoms with Crippen LogP contribution in [0.3, 0.4) is 0 Å². The number of hydrogen-bond donors (Lipinski definition) is 3. The highest BCUT2D eigenvalue weighted by atomic mass is 79.9. The number of H-pyrrole nitrogens is 1. The molecule has 0 radical (unpaired) electrons. The van der Waals surface area contributed by atoms with Gasteiger partial charge >= 0.3 is 0 Å². The molecule has 0 bridgehead atoms. The van der Waals surface area contributed by atoms with Crippen LogP contribution in [0.1, 0.15) is 5.69 Å². The fourth-order valence-electron chi connectivity index (χ4n) is 2.48. The summed E-state index contributed by atoms with van der Waals surface area (Å²) in [6.45, 7) is 0.588. The lowest BCUT2D eigenvalue weighted by Gasteiger charge is -2.10. The second kappa shape index (κ2) is 6.90. The summed E-state index contributed by atoms with van der Waals surface area (Å²) in [5.41, 5.74) is 2.93. The van der Waals surface area contributed by atoms with Crippen LogP contribution in [0.25, 0.3) is 10.9 Å². The topological polar surface area (TPSA) is 78.5 Å². The first-order valence-electron chi connectivity index (χ1n) is 7.78. The number of nitrogens with zero attached hydrogens (tertiary/aromatic N) is 3. The Kier molecular flexibility index (Phi) is 4.30. The van der Waals surface area contributed by atoms with Gasteiger partial charge in [-0.3, -0.25) is 4.98 Å². The van der Waals surface area contributed by atoms with Crippen LogP contribution in [0.4, 0.5) is 17.5 Å². The molecule has 0 fully saturated rings. The summed E-state index contributed by atoms with van der Waals surface area (Å²) in [5.74, 6) is 1.24. The maximum absolute atomic E-state index is 4.53. The number of anilines is 3. The van der Waals surface area contributed by atoms with E-state index >= 15 is 0 Å². The maximum Gasteiger partial charge on any atom is 0.229 e. The molecule has 4 aromatic rings. The Morgan fingerprint density at radius 2 is 2.04 bits per heavy atom. The molecular weight excluding hydrogens is 380 g/mol. The normalized spacial score (nSPS) is 10.8. The largest absolute Gasteiger partial charge is 0.363 e. The lowest BCUT2D eigenvalue weighted by Crippen LogP contribution is -2.06. The zero-order valence-electron chi connectivity index (χ0n) is 13.2. The van der Waals surface area contributed by atoms with E-state index in [1.807, 2.05) is 48.7 Å². The Hall–Kier alpha value is -2.93. The molecule has 1 aromatic carbocycles. The summed E-state index contributed by atoms with van der Waals surface area (Å²) in [6, 6.07) is 13.9. The lowest BCUT2D eigenvalue weighted by atomic mass is 10.2. The number of nitrogens with one attached hydrogen (secondary N) is 3. The standard InChI is InChI=1S/C18H15BrN6/c19-15-11-23-18(24-13-5-4-12-6-8-21-16(12)9-13)25-17(15)22-10-14-3-1-2-7-20-14/h1-9,11,21H,10H2,(H2,22,23,24,25). The number of rotatable bonds is 5. The highest BCUT2D eigenvalue weighted by molar-refractivity contribution is 9.10. The summed E-state index contributed by atoms with van der Waals surface area (Å²) in [6.07, 6.45) is 5.42. The molecule has 4 rings (SSSR count). The van der Waals surface area contributed by atoms with E-state index in [9.17, 15) is 0 Å². The Morgan fingerprint density at radius 3 is 2.92 bits per heavy atom. The van der Waals surface area contributed by atoms with Crippen molar-refractivity contribution >= 4 is 44.3 Å². The number of fused-ring (bicyclic) bond motifs is 1. The Labute approximate surface area is 152 Å². The molecule has 0 saturated carbocycles. The summed E-state index contributed by atoms with van der Waals surface area (Å²) in [4.78, 5) is 16.3. The quantitative estimate of drug-likeness (QED) is 0.465. The average Bonchev–Trinajstić information content (AvgIpc) is 3.11. The third-order valence-corrected chi connectivity index (χ3v) is 4.30. The minimum Gasteiger partial charge on any atom is -0.363 e. The lowest BCUT2D eigenvalue weighted by molar-refractivity contribution is 1.02. The Morgan fingerprint density at radius 1 is 1.08 bits per heavy atom. The first-order chi connectivity index (χ1) is 12.3. The second-order valence-electron chi connectivity index (χ2n) is 5.47. The van der Waals surface area contributed by atoms with E-state index in [1.54, 1.807) is 12.4 Å². The zero-order chi connectivity index (χ0) is 17.1. The SMILES string of the molecule is Brc1cnc(Nc2ccc3cc[nH]c3c2)nc1NCc1ccccn1. The van der Waals surface area contributed by atoms with Crippen molar-refractivity contribution in [1.82, 2.24) is 19.9 Å². The van der Waals surface area contributed by atoms with E-state index in [0.717, 1.165) is 21.4 Å². The van der Waals surface area contributed by atoms with Crippen molar-refractivity contribution in [3.8, 4) is 0 Å². The predicted octanol–water partition coefficient (Wildman–Crippen LogP) is 4.47. The molecule has 25 heavy (non-hydrogen) atoms. The summed E-state index contributed by atoms with van der Waals surface area (Å²) in [5, 5.41) is 7.67. The molecule has 0 atom stereocenters. The number of pyridine rings is 1. The van der Waals surface area contributed by atoms with E-state index in [2.05, 4.69) is 46.5 Å². The van der Waals surface area contributed by atoms with Crippen molar-refractivity contribution < 1.29 is 0 Å². The molecule has 0 aliphatic heterocycles. The second-order valence-corrected chi connectivity index (χ2v) is 6.32. The molecule has 3 N–H and O–H groups in total. The highest BCUT2D eigenvalue weighted by Crippen LogP contribution is 2.24. The van der Waals surface area contributed by atoms with E-state index in [4.69, 9.17) is 0 Å². The van der Waals surface area contributed by atoms with Gasteiger partial charge in [-0.1, -0.05) is 12.1 Å². The smallest absolute Gasteiger partial charge is 0.229 e. The third-order valence-electron chi connectivity index (χ3n) is 3.72. The molecule has 0 amide bonds. The van der Waals surface area contributed by atoms with Gasteiger partial charge in [0.2, 0.25) is 5.95 Å². The monoisotopic (exact) mass is 394 g/mol. The van der Waals surface area contributed by atoms with Gasteiger partial charge in [0.25, 0.3) is 0 Å². The Bertz CT molecular complexity index is 999. The molecule has 3 heterocycles. The van der Waals surface area contributed by atoms with Crippen molar-refractivity contribution in [1.29, 1.82) is 0 Å². The number of benzene rings is 1. The van der Waals surface area contributed by atoms with Crippen LogP contribution in [0, 0.1) is 0 Å². The van der Waals surface area contributed by atoms with Crippen LogP contribution < -0.4 is 10.6 Å². The van der Waals surface area contributed by atoms with Gasteiger partial charge in [0.15, 0.2) is 0 Å². The van der Waals surface area contributed by atoms with Gasteiger partial charge in [0, 0.05) is 29.8 Å². The third kappa shape index (κ3) is 3.61. The molecule has 7 heteroatoms. The molecule has 0 spiro atoms. The first kappa shape index (κ1) is 15.6. The molecular formula is C18H15BrN6. The van der Waals surface area contributed by atoms with Crippen LogP contribution in [0.2, 0.25) is 0 Å². The molecule has 0 unspecified atom stereocenters. The number of hydrogen-bond acceptors (Lipinski definition) is 5. The van der Waals surface area contributed by atoms with E-state index in [1.165, 1.54) is 5.39 Å². The van der Waals surface area contributed by atoms with Gasteiger partial charge in [-0.05, 0) is 51.6 Å². The molecule has 124 valence electrons. The summed E-state index contributed by atoms with van der Waals surface area (Å²) < 4.78 is 0.800. The van der Waals surface area contributed by atoms with Crippen molar-refractivity contribution in [3.05, 3.63) is 71.2 Å². The first-order valence-corrected chi connectivity index (χ1v) is 8.58. The predicted molar refractivity (Wildman–Crippen MR) is 103 cm³/mol. The number of aromatic nitrogens is 4. The van der Waals surface area contributed by atoms with Gasteiger partial charge in [-0.25, -0.2) is 4.98 Å². The highest BCUT2D eigenvalue weighted by Gasteiger charge is 2.06. The van der Waals surface area contributed by atoms with Crippen molar-refractivity contribution in [2.45, 2.75) is 6.54 Å². The van der Waals surface area contributed by atoms with Crippen LogP contribution >= 0.6 is 15.9 Å². The van der Waals surface area contributed by atoms with Gasteiger partial charge in [-0.15, -0.1) is 0 Å². The van der Waals surface area contributed by atoms with Crippen LogP contribution in [-0.2, 0) is 6.54 Å². The van der Waals surface area contributed by atoms with E-state index in [0.29, 0.717) is 18.3 Å². The summed E-state index contributed by atoms with van der Waals surface area (Å²) in [7, 11) is 0. The van der Waals surface area contributed by atoms with Crippen molar-refractivity contribution in [2.75, 3.05) is 10.6 Å². The minimum atomic E-state index is 0.526. The van der Waals surface area contributed by atoms with Gasteiger partial charge in [0.05, 0.1) is 16.7 Å². The molecule has 0 saturated heterocycles. The fourth-order valence-corrected chi connectivity index (χ4v) is 2.81. The zero-order valence-corrected chi connectivity index (χ0v) is 14.8. The van der Waals surface area contributed by atoms with Crippen LogP contribution in [-0.4, -0.2) is 19.9 Å². The fraction of sp³-hybridized carbons (Fsp3) is 0.0556.